The lowest BCUT2D eigenvalue weighted by molar-refractivity contribution is 0.149. The molecule has 4 rings (SSSR count). The molecular formula is C19H22Cl2N4. The standard InChI is InChI=1S/C19H21ClN4.ClH/c1-23-17-9-5-4-8-16(17)22-19(23)13-24-11-10-21-12-18(24)14-6-2-3-7-15(14)20;/h2-9,18,21H,10-13H2,1H3;1H. The number of aryl methyl sites for hydroxylation is 1. The molecule has 4 nitrogen and oxygen atoms in total. The van der Waals surface area contributed by atoms with Crippen LogP contribution in [0.4, 0.5) is 0 Å². The van der Waals surface area contributed by atoms with Crippen molar-refractivity contribution in [3.63, 3.8) is 0 Å². The number of benzene rings is 2. The first-order chi connectivity index (χ1) is 11.7. The van der Waals surface area contributed by atoms with Gasteiger partial charge in [0.25, 0.3) is 0 Å². The second kappa shape index (κ2) is 7.75. The first-order valence-electron chi connectivity index (χ1n) is 8.33. The quantitative estimate of drug-likeness (QED) is 0.754. The van der Waals surface area contributed by atoms with Gasteiger partial charge >= 0.3 is 0 Å². The molecule has 2 heterocycles. The minimum Gasteiger partial charge on any atom is -0.330 e. The average Bonchev–Trinajstić information content (AvgIpc) is 2.92. The number of para-hydroxylation sites is 2. The molecule has 2 aromatic carbocycles. The molecule has 1 fully saturated rings. The van der Waals surface area contributed by atoms with Crippen molar-refractivity contribution in [2.75, 3.05) is 19.6 Å². The Labute approximate surface area is 159 Å². The van der Waals surface area contributed by atoms with Crippen LogP contribution in [-0.4, -0.2) is 34.1 Å². The third kappa shape index (κ3) is 3.53. The smallest absolute Gasteiger partial charge is 0.123 e. The van der Waals surface area contributed by atoms with Crippen LogP contribution in [0, 0.1) is 0 Å². The Balaban J connectivity index is 0.00000182. The van der Waals surface area contributed by atoms with E-state index in [-0.39, 0.29) is 18.4 Å². The molecule has 1 atom stereocenters. The highest BCUT2D eigenvalue weighted by Crippen LogP contribution is 2.29. The molecule has 0 spiro atoms. The Morgan fingerprint density at radius 1 is 1.16 bits per heavy atom. The molecule has 3 aromatic rings. The van der Waals surface area contributed by atoms with E-state index < -0.39 is 0 Å². The second-order valence-electron chi connectivity index (χ2n) is 6.29. The summed E-state index contributed by atoms with van der Waals surface area (Å²) >= 11 is 6.45. The molecule has 1 N–H and O–H groups in total. The van der Waals surface area contributed by atoms with Crippen LogP contribution in [0.15, 0.2) is 48.5 Å². The van der Waals surface area contributed by atoms with Crippen molar-refractivity contribution in [1.29, 1.82) is 0 Å². The summed E-state index contributed by atoms with van der Waals surface area (Å²) in [5.41, 5.74) is 3.42. The van der Waals surface area contributed by atoms with Crippen LogP contribution >= 0.6 is 24.0 Å². The van der Waals surface area contributed by atoms with Gasteiger partial charge in [-0.25, -0.2) is 4.98 Å². The summed E-state index contributed by atoms with van der Waals surface area (Å²) in [6.07, 6.45) is 0. The van der Waals surface area contributed by atoms with Crippen molar-refractivity contribution in [3.05, 3.63) is 64.9 Å². The number of nitrogens with zero attached hydrogens (tertiary/aromatic N) is 3. The van der Waals surface area contributed by atoms with Crippen LogP contribution < -0.4 is 5.32 Å². The molecule has 25 heavy (non-hydrogen) atoms. The number of hydrogen-bond acceptors (Lipinski definition) is 3. The third-order valence-electron chi connectivity index (χ3n) is 4.84. The zero-order chi connectivity index (χ0) is 16.5. The van der Waals surface area contributed by atoms with Gasteiger partial charge in [-0.3, -0.25) is 4.90 Å². The van der Waals surface area contributed by atoms with Crippen molar-refractivity contribution < 1.29 is 0 Å². The number of imidazole rings is 1. The largest absolute Gasteiger partial charge is 0.330 e. The van der Waals surface area contributed by atoms with Crippen LogP contribution in [0.25, 0.3) is 11.0 Å². The predicted molar refractivity (Wildman–Crippen MR) is 105 cm³/mol. The van der Waals surface area contributed by atoms with Crippen LogP contribution in [0.1, 0.15) is 17.4 Å². The summed E-state index contributed by atoms with van der Waals surface area (Å²) < 4.78 is 2.20. The van der Waals surface area contributed by atoms with E-state index in [0.717, 1.165) is 42.5 Å². The SMILES string of the molecule is Cl.Cn1c(CN2CCNCC2c2ccccc2Cl)nc2ccccc21. The maximum absolute atomic E-state index is 6.45. The number of rotatable bonds is 3. The fourth-order valence-electron chi connectivity index (χ4n) is 3.51. The lowest BCUT2D eigenvalue weighted by Gasteiger charge is -2.36. The molecular weight excluding hydrogens is 355 g/mol. The van der Waals surface area contributed by atoms with Gasteiger partial charge in [0.05, 0.1) is 17.6 Å². The van der Waals surface area contributed by atoms with Gasteiger partial charge in [0.1, 0.15) is 5.82 Å². The molecule has 1 aromatic heterocycles. The monoisotopic (exact) mass is 376 g/mol. The van der Waals surface area contributed by atoms with E-state index in [9.17, 15) is 0 Å². The van der Waals surface area contributed by atoms with Crippen molar-refractivity contribution >= 4 is 35.0 Å². The molecule has 1 unspecified atom stereocenters. The molecule has 0 saturated carbocycles. The zero-order valence-electron chi connectivity index (χ0n) is 14.2. The highest BCUT2D eigenvalue weighted by atomic mass is 35.5. The van der Waals surface area contributed by atoms with Crippen LogP contribution in [0.5, 0.6) is 0 Å². The first kappa shape index (κ1) is 18.2. The summed E-state index contributed by atoms with van der Waals surface area (Å²) in [7, 11) is 2.09. The van der Waals surface area contributed by atoms with Crippen LogP contribution in [0.3, 0.4) is 0 Å². The lowest BCUT2D eigenvalue weighted by Crippen LogP contribution is -2.45. The predicted octanol–water partition coefficient (Wildman–Crippen LogP) is 3.80. The summed E-state index contributed by atoms with van der Waals surface area (Å²) in [6, 6.07) is 16.7. The van der Waals surface area contributed by atoms with Crippen LogP contribution in [0.2, 0.25) is 5.02 Å². The molecule has 132 valence electrons. The maximum atomic E-state index is 6.45. The summed E-state index contributed by atoms with van der Waals surface area (Å²) in [5, 5.41) is 4.32. The van der Waals surface area contributed by atoms with Gasteiger partial charge in [0, 0.05) is 37.7 Å². The second-order valence-corrected chi connectivity index (χ2v) is 6.69. The van der Waals surface area contributed by atoms with E-state index >= 15 is 0 Å². The number of hydrogen-bond donors (Lipinski definition) is 1. The van der Waals surface area contributed by atoms with Gasteiger partial charge in [0.2, 0.25) is 0 Å². The van der Waals surface area contributed by atoms with E-state index in [0.29, 0.717) is 0 Å². The Hall–Kier alpha value is -1.59. The first-order valence-corrected chi connectivity index (χ1v) is 8.71. The Morgan fingerprint density at radius 3 is 2.72 bits per heavy atom. The fourth-order valence-corrected chi connectivity index (χ4v) is 3.77. The number of nitrogens with one attached hydrogen (secondary N) is 1. The summed E-state index contributed by atoms with van der Waals surface area (Å²) in [4.78, 5) is 7.30. The molecule has 1 aliphatic heterocycles. The maximum Gasteiger partial charge on any atom is 0.123 e. The Bertz CT molecular complexity index is 862. The fraction of sp³-hybridized carbons (Fsp3) is 0.316. The van der Waals surface area contributed by atoms with Gasteiger partial charge in [-0.15, -0.1) is 12.4 Å². The highest BCUT2D eigenvalue weighted by Gasteiger charge is 2.26. The number of aromatic nitrogens is 2. The zero-order valence-corrected chi connectivity index (χ0v) is 15.7. The Kier molecular flexibility index (Phi) is 5.64. The van der Waals surface area contributed by atoms with Gasteiger partial charge in [-0.1, -0.05) is 41.9 Å². The minimum absolute atomic E-state index is 0. The number of fused-ring (bicyclic) bond motifs is 1. The molecule has 0 amide bonds. The summed E-state index contributed by atoms with van der Waals surface area (Å²) in [5.74, 6) is 1.09. The van der Waals surface area contributed by atoms with E-state index in [2.05, 4.69) is 52.2 Å². The van der Waals surface area contributed by atoms with Gasteiger partial charge in [-0.2, -0.15) is 0 Å². The average molecular weight is 377 g/mol. The lowest BCUT2D eigenvalue weighted by atomic mass is 10.0. The van der Waals surface area contributed by atoms with Gasteiger partial charge in [0.15, 0.2) is 0 Å². The molecule has 1 saturated heterocycles. The van der Waals surface area contributed by atoms with E-state index in [4.69, 9.17) is 16.6 Å². The van der Waals surface area contributed by atoms with Crippen LogP contribution in [-0.2, 0) is 13.6 Å². The van der Waals surface area contributed by atoms with Gasteiger partial charge < -0.3 is 9.88 Å². The molecule has 0 bridgehead atoms. The number of piperazine rings is 1. The molecule has 0 aliphatic carbocycles. The number of halogens is 2. The minimum atomic E-state index is 0. The summed E-state index contributed by atoms with van der Waals surface area (Å²) in [6.45, 7) is 3.71. The van der Waals surface area contributed by atoms with Crippen molar-refractivity contribution in [3.8, 4) is 0 Å². The normalized spacial score (nSPS) is 18.2. The highest BCUT2D eigenvalue weighted by molar-refractivity contribution is 6.31. The van der Waals surface area contributed by atoms with E-state index in [1.165, 1.54) is 11.1 Å². The van der Waals surface area contributed by atoms with Gasteiger partial charge in [-0.05, 0) is 23.8 Å². The topological polar surface area (TPSA) is 33.1 Å². The third-order valence-corrected chi connectivity index (χ3v) is 5.19. The van der Waals surface area contributed by atoms with Crippen molar-refractivity contribution in [2.45, 2.75) is 12.6 Å². The van der Waals surface area contributed by atoms with E-state index in [1.807, 2.05) is 18.2 Å². The van der Waals surface area contributed by atoms with E-state index in [1.54, 1.807) is 0 Å². The van der Waals surface area contributed by atoms with Crippen molar-refractivity contribution in [2.24, 2.45) is 7.05 Å². The molecule has 0 radical (unpaired) electrons. The van der Waals surface area contributed by atoms with Crippen molar-refractivity contribution in [1.82, 2.24) is 19.8 Å². The molecule has 1 aliphatic rings. The molecule has 6 heteroatoms. The Morgan fingerprint density at radius 2 is 1.92 bits per heavy atom.